The number of carbonyl (C=O) groups excluding carboxylic acids is 1. The van der Waals surface area contributed by atoms with Gasteiger partial charge in [-0.25, -0.2) is 4.39 Å². The molecule has 0 saturated heterocycles. The predicted octanol–water partition coefficient (Wildman–Crippen LogP) is 3.37. The van der Waals surface area contributed by atoms with Crippen molar-refractivity contribution in [3.63, 3.8) is 0 Å². The first-order valence-electron chi connectivity index (χ1n) is 5.22. The molecule has 0 N–H and O–H groups in total. The molecule has 1 aliphatic rings. The second-order valence-corrected chi connectivity index (χ2v) is 10.7. The Morgan fingerprint density at radius 2 is 2.00 bits per heavy atom. The molecule has 80 valence electrons. The van der Waals surface area contributed by atoms with Gasteiger partial charge in [0.25, 0.3) is 0 Å². The van der Waals surface area contributed by atoms with Crippen molar-refractivity contribution in [1.29, 1.82) is 0 Å². The molecule has 0 aromatic heterocycles. The van der Waals surface area contributed by atoms with Crippen LogP contribution in [0.1, 0.15) is 27.9 Å². The topological polar surface area (TPSA) is 17.1 Å². The molecule has 1 aromatic carbocycles. The van der Waals surface area contributed by atoms with Gasteiger partial charge in [-0.1, -0.05) is 19.6 Å². The van der Waals surface area contributed by atoms with E-state index in [1.807, 2.05) is 0 Å². The minimum absolute atomic E-state index is 0.178. The van der Waals surface area contributed by atoms with Gasteiger partial charge < -0.3 is 0 Å². The first-order valence-corrected chi connectivity index (χ1v) is 8.80. The zero-order valence-electron chi connectivity index (χ0n) is 9.30. The van der Waals surface area contributed by atoms with Crippen LogP contribution < -0.4 is 0 Å². The number of Topliss-reactive ketones (excluding diaryl/α,β-unsaturated/α-hetero) is 1. The van der Waals surface area contributed by atoms with Crippen molar-refractivity contribution in [3.05, 3.63) is 35.1 Å². The van der Waals surface area contributed by atoms with Gasteiger partial charge in [0.2, 0.25) is 0 Å². The second kappa shape index (κ2) is 3.27. The standard InChI is InChI=1S/C12H15FOSi/c1-15(2,3)12-7-11(14)9-5-4-8(13)6-10(9)12/h4-6,12H,7H2,1-3H3. The molecule has 1 nitrogen and oxygen atoms in total. The number of hydrogen-bond acceptors (Lipinski definition) is 1. The molecule has 0 fully saturated rings. The normalized spacial score (nSPS) is 20.5. The second-order valence-electron chi connectivity index (χ2n) is 5.28. The van der Waals surface area contributed by atoms with Gasteiger partial charge in [0.15, 0.2) is 5.78 Å². The van der Waals surface area contributed by atoms with E-state index < -0.39 is 8.07 Å². The van der Waals surface area contributed by atoms with E-state index in [1.165, 1.54) is 6.07 Å². The Bertz CT molecular complexity index is 420. The van der Waals surface area contributed by atoms with Crippen LogP contribution in [0.2, 0.25) is 19.6 Å². The zero-order valence-corrected chi connectivity index (χ0v) is 10.3. The molecule has 0 heterocycles. The molecule has 0 amide bonds. The van der Waals surface area contributed by atoms with E-state index in [1.54, 1.807) is 12.1 Å². The van der Waals surface area contributed by atoms with Gasteiger partial charge in [0.1, 0.15) is 5.82 Å². The van der Waals surface area contributed by atoms with Gasteiger partial charge in [-0.3, -0.25) is 4.79 Å². The average molecular weight is 222 g/mol. The molecule has 1 unspecified atom stereocenters. The number of ketones is 1. The molecular formula is C12H15FOSi. The molecule has 1 atom stereocenters. The van der Waals surface area contributed by atoms with E-state index in [2.05, 4.69) is 19.6 Å². The molecule has 2 rings (SSSR count). The largest absolute Gasteiger partial charge is 0.294 e. The summed E-state index contributed by atoms with van der Waals surface area (Å²) in [5.41, 5.74) is 1.97. The minimum atomic E-state index is -1.43. The van der Waals surface area contributed by atoms with E-state index >= 15 is 0 Å². The first-order chi connectivity index (χ1) is 6.89. The monoisotopic (exact) mass is 222 g/mol. The van der Waals surface area contributed by atoms with Crippen LogP contribution >= 0.6 is 0 Å². The lowest BCUT2D eigenvalue weighted by Gasteiger charge is -2.24. The maximum Gasteiger partial charge on any atom is 0.163 e. The van der Waals surface area contributed by atoms with Gasteiger partial charge in [0.05, 0.1) is 8.07 Å². The fourth-order valence-corrected chi connectivity index (χ4v) is 4.22. The molecule has 0 bridgehead atoms. The number of halogens is 1. The fraction of sp³-hybridized carbons (Fsp3) is 0.417. The third kappa shape index (κ3) is 1.76. The summed E-state index contributed by atoms with van der Waals surface area (Å²) in [6.45, 7) is 6.68. The van der Waals surface area contributed by atoms with Gasteiger partial charge in [-0.2, -0.15) is 0 Å². The van der Waals surface area contributed by atoms with Crippen molar-refractivity contribution >= 4 is 13.9 Å². The zero-order chi connectivity index (χ0) is 11.2. The third-order valence-electron chi connectivity index (χ3n) is 3.12. The molecular weight excluding hydrogens is 207 g/mol. The van der Waals surface area contributed by atoms with Crippen molar-refractivity contribution in [1.82, 2.24) is 0 Å². The molecule has 3 heteroatoms. The number of hydrogen-bond donors (Lipinski definition) is 0. The van der Waals surface area contributed by atoms with Crippen LogP contribution in [0.25, 0.3) is 0 Å². The van der Waals surface area contributed by atoms with Gasteiger partial charge in [-0.05, 0) is 29.3 Å². The number of carbonyl (C=O) groups is 1. The summed E-state index contributed by atoms with van der Waals surface area (Å²) in [6, 6.07) is 4.56. The van der Waals surface area contributed by atoms with Crippen LogP contribution in [-0.4, -0.2) is 13.9 Å². The van der Waals surface area contributed by atoms with Crippen molar-refractivity contribution < 1.29 is 9.18 Å². The Morgan fingerprint density at radius 3 is 2.60 bits per heavy atom. The minimum Gasteiger partial charge on any atom is -0.294 e. The summed E-state index contributed by atoms with van der Waals surface area (Å²) in [7, 11) is -1.43. The summed E-state index contributed by atoms with van der Waals surface area (Å²) >= 11 is 0. The van der Waals surface area contributed by atoms with E-state index in [-0.39, 0.29) is 17.1 Å². The Balaban J connectivity index is 2.53. The van der Waals surface area contributed by atoms with E-state index in [4.69, 9.17) is 0 Å². The summed E-state index contributed by atoms with van der Waals surface area (Å²) in [6.07, 6.45) is 0.578. The van der Waals surface area contributed by atoms with Gasteiger partial charge >= 0.3 is 0 Å². The van der Waals surface area contributed by atoms with E-state index in [0.717, 1.165) is 11.1 Å². The quantitative estimate of drug-likeness (QED) is 0.666. The van der Waals surface area contributed by atoms with Crippen LogP contribution in [0, 0.1) is 5.82 Å². The van der Waals surface area contributed by atoms with Crippen LogP contribution in [0.4, 0.5) is 4.39 Å². The number of benzene rings is 1. The van der Waals surface area contributed by atoms with Crippen LogP contribution in [0.3, 0.4) is 0 Å². The molecule has 0 aliphatic heterocycles. The van der Waals surface area contributed by atoms with Crippen LogP contribution in [0.5, 0.6) is 0 Å². The summed E-state index contributed by atoms with van der Waals surface area (Å²) in [5.74, 6) is -0.0517. The highest BCUT2D eigenvalue weighted by Crippen LogP contribution is 2.39. The van der Waals surface area contributed by atoms with Crippen LogP contribution in [0.15, 0.2) is 18.2 Å². The third-order valence-corrected chi connectivity index (χ3v) is 5.73. The lowest BCUT2D eigenvalue weighted by molar-refractivity contribution is 0.0993. The van der Waals surface area contributed by atoms with Crippen molar-refractivity contribution in [2.45, 2.75) is 31.6 Å². The fourth-order valence-electron chi connectivity index (χ4n) is 2.25. The molecule has 0 radical (unpaired) electrons. The highest BCUT2D eigenvalue weighted by Gasteiger charge is 2.37. The number of rotatable bonds is 1. The summed E-state index contributed by atoms with van der Waals surface area (Å²) in [4.78, 5) is 11.7. The molecule has 0 spiro atoms. The van der Waals surface area contributed by atoms with E-state index in [0.29, 0.717) is 6.42 Å². The Hall–Kier alpha value is -0.963. The molecule has 0 saturated carbocycles. The maximum absolute atomic E-state index is 13.2. The number of fused-ring (bicyclic) bond motifs is 1. The van der Waals surface area contributed by atoms with Gasteiger partial charge in [0, 0.05) is 12.0 Å². The Labute approximate surface area is 90.3 Å². The smallest absolute Gasteiger partial charge is 0.163 e. The molecule has 15 heavy (non-hydrogen) atoms. The van der Waals surface area contributed by atoms with E-state index in [9.17, 15) is 9.18 Å². The summed E-state index contributed by atoms with van der Waals surface area (Å²) in [5, 5.41) is 0. The average Bonchev–Trinajstić information content (AvgIpc) is 2.42. The first kappa shape index (κ1) is 10.6. The predicted molar refractivity (Wildman–Crippen MR) is 61.4 cm³/mol. The molecule has 1 aliphatic carbocycles. The van der Waals surface area contributed by atoms with Crippen LogP contribution in [-0.2, 0) is 0 Å². The van der Waals surface area contributed by atoms with Crippen molar-refractivity contribution in [2.75, 3.05) is 0 Å². The summed E-state index contributed by atoms with van der Waals surface area (Å²) < 4.78 is 13.2. The highest BCUT2D eigenvalue weighted by molar-refractivity contribution is 6.78. The molecule has 1 aromatic rings. The highest BCUT2D eigenvalue weighted by atomic mass is 28.3. The Morgan fingerprint density at radius 1 is 1.33 bits per heavy atom. The van der Waals surface area contributed by atoms with Crippen molar-refractivity contribution in [2.24, 2.45) is 0 Å². The lowest BCUT2D eigenvalue weighted by Crippen LogP contribution is -2.29. The SMILES string of the molecule is C[Si](C)(C)C1CC(=O)c2ccc(F)cc21. The van der Waals surface area contributed by atoms with Gasteiger partial charge in [-0.15, -0.1) is 0 Å². The van der Waals surface area contributed by atoms with Crippen molar-refractivity contribution in [3.8, 4) is 0 Å². The lowest BCUT2D eigenvalue weighted by atomic mass is 10.1. The Kier molecular flexibility index (Phi) is 2.30. The maximum atomic E-state index is 13.2.